The number of amides is 2. The van der Waals surface area contributed by atoms with Crippen molar-refractivity contribution in [3.8, 4) is 0 Å². The second-order valence-electron chi connectivity index (χ2n) is 4.46. The van der Waals surface area contributed by atoms with Crippen molar-refractivity contribution in [1.29, 1.82) is 0 Å². The molecule has 1 atom stereocenters. The Morgan fingerprint density at radius 3 is 1.95 bits per heavy atom. The van der Waals surface area contributed by atoms with Gasteiger partial charge in [0.25, 0.3) is 11.8 Å². The topological polar surface area (TPSA) is 113 Å². The molecule has 21 heavy (non-hydrogen) atoms. The van der Waals surface area contributed by atoms with Crippen molar-refractivity contribution in [2.45, 2.75) is 5.60 Å². The minimum atomic E-state index is -1.99. The van der Waals surface area contributed by atoms with Crippen LogP contribution >= 0.6 is 0 Å². The fraction of sp³-hybridized carbons (Fsp3) is 0.0667. The molecule has 0 spiro atoms. The largest absolute Gasteiger partial charge is 0.372 e. The molecule has 0 saturated heterocycles. The van der Waals surface area contributed by atoms with E-state index in [1.54, 1.807) is 30.3 Å². The van der Waals surface area contributed by atoms with Crippen molar-refractivity contribution < 1.29 is 19.9 Å². The number of aliphatic hydroxyl groups is 1. The predicted octanol–water partition coefficient (Wildman–Crippen LogP) is 0.527. The summed E-state index contributed by atoms with van der Waals surface area (Å²) in [6.45, 7) is 0. The van der Waals surface area contributed by atoms with Crippen LogP contribution in [0.3, 0.4) is 0 Å². The van der Waals surface area contributed by atoms with E-state index >= 15 is 0 Å². The number of carbonyl (C=O) groups excluding carboxylic acids is 2. The van der Waals surface area contributed by atoms with Crippen LogP contribution in [0, 0.1) is 0 Å². The number of nitrogens with two attached hydrogens (primary N) is 1. The summed E-state index contributed by atoms with van der Waals surface area (Å²) in [5, 5.41) is 19.3. The van der Waals surface area contributed by atoms with Gasteiger partial charge in [0.05, 0.1) is 0 Å². The quantitative estimate of drug-likeness (QED) is 0.485. The summed E-state index contributed by atoms with van der Waals surface area (Å²) in [5.41, 5.74) is 5.61. The lowest BCUT2D eigenvalue weighted by atomic mass is 9.85. The highest BCUT2D eigenvalue weighted by Crippen LogP contribution is 2.29. The minimum absolute atomic E-state index is 0.182. The number of rotatable bonds is 4. The number of benzene rings is 2. The van der Waals surface area contributed by atoms with Gasteiger partial charge in [0, 0.05) is 5.56 Å². The van der Waals surface area contributed by atoms with Gasteiger partial charge < -0.3 is 10.8 Å². The van der Waals surface area contributed by atoms with Crippen LogP contribution in [0.1, 0.15) is 21.5 Å². The molecule has 0 saturated carbocycles. The number of hydrogen-bond acceptors (Lipinski definition) is 4. The van der Waals surface area contributed by atoms with E-state index in [2.05, 4.69) is 0 Å². The van der Waals surface area contributed by atoms with E-state index in [1.165, 1.54) is 29.7 Å². The zero-order valence-electron chi connectivity index (χ0n) is 11.0. The average molecular weight is 286 g/mol. The second-order valence-corrected chi connectivity index (χ2v) is 4.46. The fourth-order valence-corrected chi connectivity index (χ4v) is 2.06. The van der Waals surface area contributed by atoms with Gasteiger partial charge in [-0.05, 0) is 23.3 Å². The minimum Gasteiger partial charge on any atom is -0.372 e. The van der Waals surface area contributed by atoms with Crippen molar-refractivity contribution in [2.24, 2.45) is 5.73 Å². The Morgan fingerprint density at radius 1 is 0.952 bits per heavy atom. The molecule has 108 valence electrons. The highest BCUT2D eigenvalue weighted by atomic mass is 16.5. The van der Waals surface area contributed by atoms with Gasteiger partial charge in [-0.25, -0.2) is 5.48 Å². The first-order valence-electron chi connectivity index (χ1n) is 6.13. The van der Waals surface area contributed by atoms with E-state index in [-0.39, 0.29) is 11.1 Å². The smallest absolute Gasteiger partial charge is 0.274 e. The molecule has 6 nitrogen and oxygen atoms in total. The third-order valence-corrected chi connectivity index (χ3v) is 3.21. The summed E-state index contributed by atoms with van der Waals surface area (Å²) < 4.78 is 0. The first-order valence-corrected chi connectivity index (χ1v) is 6.13. The van der Waals surface area contributed by atoms with E-state index < -0.39 is 17.4 Å². The van der Waals surface area contributed by atoms with Gasteiger partial charge in [-0.3, -0.25) is 14.8 Å². The molecule has 5 N–H and O–H groups in total. The third kappa shape index (κ3) is 2.62. The molecule has 2 aromatic rings. The Balaban J connectivity index is 2.49. The molecule has 2 rings (SSSR count). The van der Waals surface area contributed by atoms with Crippen LogP contribution in [0.15, 0.2) is 54.6 Å². The Labute approximate surface area is 120 Å². The molecule has 0 aromatic heterocycles. The monoisotopic (exact) mass is 286 g/mol. The SMILES string of the molecule is NC(=O)C(O)(c1ccccc1)c1ccc(C(=O)NO)cc1. The molecule has 0 heterocycles. The van der Waals surface area contributed by atoms with Gasteiger partial charge in [0.15, 0.2) is 5.60 Å². The van der Waals surface area contributed by atoms with E-state index in [1.807, 2.05) is 0 Å². The molecule has 0 aliphatic carbocycles. The highest BCUT2D eigenvalue weighted by Gasteiger charge is 2.38. The third-order valence-electron chi connectivity index (χ3n) is 3.21. The summed E-state index contributed by atoms with van der Waals surface area (Å²) in [6.07, 6.45) is 0. The van der Waals surface area contributed by atoms with Gasteiger partial charge in [0.2, 0.25) is 0 Å². The predicted molar refractivity (Wildman–Crippen MR) is 74.3 cm³/mol. The molecule has 0 fully saturated rings. The van der Waals surface area contributed by atoms with Crippen molar-refractivity contribution in [3.05, 3.63) is 71.3 Å². The summed E-state index contributed by atoms with van der Waals surface area (Å²) in [7, 11) is 0. The van der Waals surface area contributed by atoms with Crippen LogP contribution in [-0.2, 0) is 10.4 Å². The Hall–Kier alpha value is -2.70. The van der Waals surface area contributed by atoms with Crippen LogP contribution in [0.4, 0.5) is 0 Å². The molecule has 2 aromatic carbocycles. The van der Waals surface area contributed by atoms with Crippen LogP contribution < -0.4 is 11.2 Å². The van der Waals surface area contributed by atoms with Crippen molar-refractivity contribution in [3.63, 3.8) is 0 Å². The Morgan fingerprint density at radius 2 is 1.48 bits per heavy atom. The molecular formula is C15H14N2O4. The average Bonchev–Trinajstić information content (AvgIpc) is 2.54. The van der Waals surface area contributed by atoms with Crippen LogP contribution in [0.2, 0.25) is 0 Å². The first-order chi connectivity index (χ1) is 10.00. The van der Waals surface area contributed by atoms with E-state index in [0.29, 0.717) is 5.56 Å². The summed E-state index contributed by atoms with van der Waals surface area (Å²) in [6, 6.07) is 13.8. The zero-order chi connectivity index (χ0) is 15.5. The van der Waals surface area contributed by atoms with Gasteiger partial charge in [-0.1, -0.05) is 42.5 Å². The number of nitrogens with one attached hydrogen (secondary N) is 1. The Bertz CT molecular complexity index is 655. The van der Waals surface area contributed by atoms with E-state index in [0.717, 1.165) is 0 Å². The maximum Gasteiger partial charge on any atom is 0.274 e. The van der Waals surface area contributed by atoms with Crippen molar-refractivity contribution in [1.82, 2.24) is 5.48 Å². The van der Waals surface area contributed by atoms with Gasteiger partial charge in [-0.15, -0.1) is 0 Å². The van der Waals surface area contributed by atoms with Gasteiger partial charge in [-0.2, -0.15) is 0 Å². The summed E-state index contributed by atoms with van der Waals surface area (Å²) >= 11 is 0. The van der Waals surface area contributed by atoms with Gasteiger partial charge >= 0.3 is 0 Å². The lowest BCUT2D eigenvalue weighted by Crippen LogP contribution is -2.42. The number of carbonyl (C=O) groups is 2. The van der Waals surface area contributed by atoms with Crippen LogP contribution in [0.25, 0.3) is 0 Å². The van der Waals surface area contributed by atoms with Crippen molar-refractivity contribution in [2.75, 3.05) is 0 Å². The van der Waals surface area contributed by atoms with Crippen LogP contribution in [0.5, 0.6) is 0 Å². The first kappa shape index (κ1) is 14.7. The molecule has 0 aliphatic rings. The molecule has 0 bridgehead atoms. The van der Waals surface area contributed by atoms with E-state index in [4.69, 9.17) is 10.9 Å². The zero-order valence-corrected chi connectivity index (χ0v) is 11.0. The standard InChI is InChI=1S/C15H14N2O4/c16-14(19)15(20,11-4-2-1-3-5-11)12-8-6-10(7-9-12)13(18)17-21/h1-9,20-21H,(H2,16,19)(H,17,18). The molecule has 0 aliphatic heterocycles. The summed E-state index contributed by atoms with van der Waals surface area (Å²) in [4.78, 5) is 23.0. The second kappa shape index (κ2) is 5.74. The Kier molecular flexibility index (Phi) is 4.02. The number of primary amides is 1. The molecule has 6 heteroatoms. The molecule has 2 amide bonds. The number of hydroxylamine groups is 1. The number of hydrogen-bond donors (Lipinski definition) is 4. The lowest BCUT2D eigenvalue weighted by molar-refractivity contribution is -0.133. The fourth-order valence-electron chi connectivity index (χ4n) is 2.06. The highest BCUT2D eigenvalue weighted by molar-refractivity contribution is 5.94. The van der Waals surface area contributed by atoms with Crippen molar-refractivity contribution >= 4 is 11.8 Å². The normalized spacial score (nSPS) is 13.2. The molecule has 1 unspecified atom stereocenters. The summed E-state index contributed by atoms with van der Waals surface area (Å²) in [5.74, 6) is -1.61. The van der Waals surface area contributed by atoms with Crippen LogP contribution in [-0.4, -0.2) is 22.1 Å². The van der Waals surface area contributed by atoms with E-state index in [9.17, 15) is 14.7 Å². The lowest BCUT2D eigenvalue weighted by Gasteiger charge is -2.25. The van der Waals surface area contributed by atoms with Gasteiger partial charge in [0.1, 0.15) is 0 Å². The molecule has 0 radical (unpaired) electrons. The maximum atomic E-state index is 11.8. The molecular weight excluding hydrogens is 272 g/mol. The maximum absolute atomic E-state index is 11.8.